The van der Waals surface area contributed by atoms with Crippen LogP contribution in [0.2, 0.25) is 0 Å². The third kappa shape index (κ3) is 4.76. The Bertz CT molecular complexity index is 1040. The van der Waals surface area contributed by atoms with E-state index in [0.29, 0.717) is 16.8 Å². The Balaban J connectivity index is 1.64. The molecule has 0 radical (unpaired) electrons. The second kappa shape index (κ2) is 8.52. The highest BCUT2D eigenvalue weighted by molar-refractivity contribution is 6.02. The third-order valence-electron chi connectivity index (χ3n) is 4.32. The molecular weight excluding hydrogens is 370 g/mol. The molecule has 0 saturated heterocycles. The number of aromatic nitrogens is 2. The minimum atomic E-state index is -0.942. The molecule has 2 aromatic carbocycles. The Hall–Kier alpha value is -3.74. The van der Waals surface area contributed by atoms with E-state index in [4.69, 9.17) is 4.74 Å². The molecule has 3 aromatic rings. The van der Waals surface area contributed by atoms with E-state index in [1.54, 1.807) is 59.4 Å². The molecule has 3 rings (SSSR count). The van der Waals surface area contributed by atoms with E-state index in [0.717, 1.165) is 11.4 Å². The van der Waals surface area contributed by atoms with Gasteiger partial charge in [-0.1, -0.05) is 0 Å². The fraction of sp³-hybridized carbons (Fsp3) is 0.182. The van der Waals surface area contributed by atoms with Crippen molar-refractivity contribution in [3.05, 3.63) is 77.6 Å². The molecule has 1 aromatic heterocycles. The first-order chi connectivity index (χ1) is 13.8. The van der Waals surface area contributed by atoms with E-state index in [2.05, 4.69) is 10.4 Å². The minimum Gasteiger partial charge on any atom is -0.451 e. The van der Waals surface area contributed by atoms with Crippen molar-refractivity contribution in [1.29, 1.82) is 0 Å². The lowest BCUT2D eigenvalue weighted by atomic mass is 10.1. The lowest BCUT2D eigenvalue weighted by molar-refractivity contribution is -0.114. The maximum Gasteiger partial charge on any atom is 0.338 e. The fourth-order valence-electron chi connectivity index (χ4n) is 2.82. The molecule has 1 N–H and O–H groups in total. The van der Waals surface area contributed by atoms with Crippen molar-refractivity contribution in [3.8, 4) is 5.69 Å². The summed E-state index contributed by atoms with van der Waals surface area (Å²) in [5, 5.41) is 6.85. The maximum absolute atomic E-state index is 12.5. The highest BCUT2D eigenvalue weighted by Gasteiger charge is 2.20. The maximum atomic E-state index is 12.5. The largest absolute Gasteiger partial charge is 0.451 e. The number of rotatable bonds is 6. The number of Topliss-reactive ketones (excluding diaryl/α,β-unsaturated/α-hetero) is 1. The number of carbonyl (C=O) groups excluding carboxylic acids is 3. The van der Waals surface area contributed by atoms with E-state index >= 15 is 0 Å². The molecule has 148 valence electrons. The number of amides is 1. The monoisotopic (exact) mass is 391 g/mol. The third-order valence-corrected chi connectivity index (χ3v) is 4.32. The van der Waals surface area contributed by atoms with Crippen LogP contribution in [0.15, 0.2) is 60.8 Å². The van der Waals surface area contributed by atoms with Crippen LogP contribution in [0, 0.1) is 6.92 Å². The number of ether oxygens (including phenoxy) is 1. The standard InChI is InChI=1S/C22H21N3O4/c1-14-12-13-23-25(14)20-10-6-18(7-11-20)22(28)29-15(2)21(27)17-4-8-19(9-5-17)24-16(3)26/h4-13,15H,1-3H3,(H,24,26)/t15-/m0/s1. The van der Waals surface area contributed by atoms with Crippen molar-refractivity contribution >= 4 is 23.3 Å². The van der Waals surface area contributed by atoms with Gasteiger partial charge in [-0.2, -0.15) is 5.10 Å². The van der Waals surface area contributed by atoms with Crippen LogP contribution in [0.3, 0.4) is 0 Å². The number of nitrogens with one attached hydrogen (secondary N) is 1. The first-order valence-corrected chi connectivity index (χ1v) is 9.09. The summed E-state index contributed by atoms with van der Waals surface area (Å²) in [5.41, 5.74) is 3.13. The quantitative estimate of drug-likeness (QED) is 0.512. The molecule has 0 fully saturated rings. The molecule has 0 aliphatic rings. The Morgan fingerprint density at radius 2 is 1.59 bits per heavy atom. The number of ketones is 1. The van der Waals surface area contributed by atoms with Gasteiger partial charge in [0.15, 0.2) is 6.10 Å². The first-order valence-electron chi connectivity index (χ1n) is 9.09. The average Bonchev–Trinajstić information content (AvgIpc) is 3.13. The topological polar surface area (TPSA) is 90.3 Å². The van der Waals surface area contributed by atoms with Gasteiger partial charge in [0.25, 0.3) is 0 Å². The summed E-state index contributed by atoms with van der Waals surface area (Å²) in [6.45, 7) is 4.87. The van der Waals surface area contributed by atoms with E-state index < -0.39 is 12.1 Å². The van der Waals surface area contributed by atoms with Crippen LogP contribution in [0.1, 0.15) is 40.3 Å². The van der Waals surface area contributed by atoms with Crippen molar-refractivity contribution < 1.29 is 19.1 Å². The molecule has 0 aliphatic heterocycles. The number of aryl methyl sites for hydroxylation is 1. The number of esters is 1. The Kier molecular flexibility index (Phi) is 5.87. The summed E-state index contributed by atoms with van der Waals surface area (Å²) in [7, 11) is 0. The molecule has 0 saturated carbocycles. The lowest BCUT2D eigenvalue weighted by Gasteiger charge is -2.13. The predicted octanol–water partition coefficient (Wildman–Crippen LogP) is 3.57. The zero-order valence-corrected chi connectivity index (χ0v) is 16.4. The van der Waals surface area contributed by atoms with E-state index in [9.17, 15) is 14.4 Å². The van der Waals surface area contributed by atoms with Gasteiger partial charge in [-0.25, -0.2) is 9.48 Å². The normalized spacial score (nSPS) is 11.6. The van der Waals surface area contributed by atoms with E-state index in [-0.39, 0.29) is 11.7 Å². The van der Waals surface area contributed by atoms with Crippen molar-refractivity contribution in [2.24, 2.45) is 0 Å². The number of carbonyl (C=O) groups is 3. The number of benzene rings is 2. The molecule has 1 amide bonds. The van der Waals surface area contributed by atoms with Gasteiger partial charge in [0.05, 0.1) is 11.3 Å². The van der Waals surface area contributed by atoms with Crippen LogP contribution >= 0.6 is 0 Å². The molecule has 29 heavy (non-hydrogen) atoms. The van der Waals surface area contributed by atoms with E-state index in [1.807, 2.05) is 13.0 Å². The van der Waals surface area contributed by atoms with Crippen molar-refractivity contribution in [1.82, 2.24) is 9.78 Å². The molecule has 0 spiro atoms. The van der Waals surface area contributed by atoms with Gasteiger partial charge in [-0.05, 0) is 68.4 Å². The zero-order chi connectivity index (χ0) is 21.0. The summed E-state index contributed by atoms with van der Waals surface area (Å²) in [6, 6.07) is 15.1. The van der Waals surface area contributed by atoms with Gasteiger partial charge in [0.2, 0.25) is 11.7 Å². The van der Waals surface area contributed by atoms with Gasteiger partial charge in [0, 0.05) is 30.1 Å². The highest BCUT2D eigenvalue weighted by atomic mass is 16.5. The van der Waals surface area contributed by atoms with Gasteiger partial charge >= 0.3 is 5.97 Å². The summed E-state index contributed by atoms with van der Waals surface area (Å²) in [5.74, 6) is -1.10. The smallest absolute Gasteiger partial charge is 0.338 e. The predicted molar refractivity (Wildman–Crippen MR) is 108 cm³/mol. The molecule has 7 nitrogen and oxygen atoms in total. The number of hydrogen-bond donors (Lipinski definition) is 1. The van der Waals surface area contributed by atoms with Crippen molar-refractivity contribution in [3.63, 3.8) is 0 Å². The lowest BCUT2D eigenvalue weighted by Crippen LogP contribution is -2.24. The molecule has 7 heteroatoms. The molecule has 1 atom stereocenters. The van der Waals surface area contributed by atoms with Crippen LogP contribution in [0.25, 0.3) is 5.69 Å². The summed E-state index contributed by atoms with van der Waals surface area (Å²) < 4.78 is 7.08. The average molecular weight is 391 g/mol. The molecule has 0 unspecified atom stereocenters. The van der Waals surface area contributed by atoms with E-state index in [1.165, 1.54) is 13.8 Å². The van der Waals surface area contributed by atoms with Crippen LogP contribution in [0.5, 0.6) is 0 Å². The van der Waals surface area contributed by atoms with Crippen molar-refractivity contribution in [2.75, 3.05) is 5.32 Å². The summed E-state index contributed by atoms with van der Waals surface area (Å²) in [4.78, 5) is 36.0. The Labute approximate surface area is 168 Å². The van der Waals surface area contributed by atoms with Gasteiger partial charge < -0.3 is 10.1 Å². The molecule has 0 bridgehead atoms. The number of hydrogen-bond acceptors (Lipinski definition) is 5. The Morgan fingerprint density at radius 3 is 2.14 bits per heavy atom. The SMILES string of the molecule is CC(=O)Nc1ccc(C(=O)[C@H](C)OC(=O)c2ccc(-n3nccc3C)cc2)cc1. The van der Waals surface area contributed by atoms with Crippen molar-refractivity contribution in [2.45, 2.75) is 26.9 Å². The van der Waals surface area contributed by atoms with Gasteiger partial charge in [0.1, 0.15) is 0 Å². The minimum absolute atomic E-state index is 0.194. The first kappa shape index (κ1) is 20.0. The van der Waals surface area contributed by atoms with Crippen LogP contribution in [-0.2, 0) is 9.53 Å². The second-order valence-corrected chi connectivity index (χ2v) is 6.60. The van der Waals surface area contributed by atoms with Crippen LogP contribution in [0.4, 0.5) is 5.69 Å². The molecule has 0 aliphatic carbocycles. The zero-order valence-electron chi connectivity index (χ0n) is 16.4. The summed E-state index contributed by atoms with van der Waals surface area (Å²) >= 11 is 0. The second-order valence-electron chi connectivity index (χ2n) is 6.60. The fourth-order valence-corrected chi connectivity index (χ4v) is 2.82. The highest BCUT2D eigenvalue weighted by Crippen LogP contribution is 2.15. The molecule has 1 heterocycles. The van der Waals surface area contributed by atoms with Gasteiger partial charge in [-0.15, -0.1) is 0 Å². The van der Waals surface area contributed by atoms with Crippen LogP contribution in [-0.4, -0.2) is 33.5 Å². The number of anilines is 1. The Morgan fingerprint density at radius 1 is 0.966 bits per heavy atom. The summed E-state index contributed by atoms with van der Waals surface area (Å²) in [6.07, 6.45) is 0.759. The number of nitrogens with zero attached hydrogens (tertiary/aromatic N) is 2. The molecular formula is C22H21N3O4. The van der Waals surface area contributed by atoms with Gasteiger partial charge in [-0.3, -0.25) is 9.59 Å². The van der Waals surface area contributed by atoms with Crippen LogP contribution < -0.4 is 5.32 Å².